The fraction of sp³-hybridized carbons (Fsp3) is 0.588. The van der Waals surface area contributed by atoms with Crippen LogP contribution in [-0.2, 0) is 31.9 Å². The lowest BCUT2D eigenvalue weighted by Crippen LogP contribution is -2.22. The van der Waals surface area contributed by atoms with Crippen LogP contribution in [0.5, 0.6) is 0 Å². The highest BCUT2D eigenvalue weighted by atomic mass is 32.1. The minimum Gasteiger partial charge on any atom is -0.462 e. The Morgan fingerprint density at radius 2 is 2.00 bits per heavy atom. The second-order valence-electron chi connectivity index (χ2n) is 6.26. The van der Waals surface area contributed by atoms with Gasteiger partial charge in [-0.05, 0) is 44.1 Å². The lowest BCUT2D eigenvalue weighted by atomic mass is 10.1. The minimum atomic E-state index is -0.429. The van der Waals surface area contributed by atoms with Gasteiger partial charge in [0.05, 0.1) is 18.1 Å². The van der Waals surface area contributed by atoms with Crippen LogP contribution >= 0.6 is 11.3 Å². The third-order valence-corrected chi connectivity index (χ3v) is 5.62. The van der Waals surface area contributed by atoms with Crippen molar-refractivity contribution in [2.75, 3.05) is 18.5 Å². The predicted molar refractivity (Wildman–Crippen MR) is 89.2 cm³/mol. The molecule has 1 saturated carbocycles. The molecule has 1 heterocycles. The van der Waals surface area contributed by atoms with Gasteiger partial charge in [0.25, 0.3) is 5.91 Å². The summed E-state index contributed by atoms with van der Waals surface area (Å²) in [4.78, 5) is 37.1. The number of aryl methyl sites for hydroxylation is 1. The van der Waals surface area contributed by atoms with Crippen molar-refractivity contribution in [1.29, 1.82) is 0 Å². The van der Waals surface area contributed by atoms with Gasteiger partial charge in [-0.15, -0.1) is 11.3 Å². The Balaban J connectivity index is 1.65. The Hall–Kier alpha value is -1.89. The average molecular weight is 351 g/mol. The lowest BCUT2D eigenvalue weighted by molar-refractivity contribution is -0.148. The highest BCUT2D eigenvalue weighted by Crippen LogP contribution is 2.40. The molecule has 2 atom stereocenters. The normalized spacial score (nSPS) is 21.1. The molecule has 0 bridgehead atoms. The fourth-order valence-corrected chi connectivity index (χ4v) is 4.26. The summed E-state index contributed by atoms with van der Waals surface area (Å²) in [6.07, 6.45) is 3.57. The van der Waals surface area contributed by atoms with Crippen molar-refractivity contribution in [3.63, 3.8) is 0 Å². The highest BCUT2D eigenvalue weighted by Gasteiger charge is 2.40. The number of fused-ring (bicyclic) bond motifs is 1. The summed E-state index contributed by atoms with van der Waals surface area (Å²) in [7, 11) is 0. The van der Waals surface area contributed by atoms with Crippen molar-refractivity contribution in [1.82, 2.24) is 0 Å². The zero-order chi connectivity index (χ0) is 17.3. The van der Waals surface area contributed by atoms with Crippen molar-refractivity contribution in [2.24, 2.45) is 11.8 Å². The van der Waals surface area contributed by atoms with Crippen molar-refractivity contribution >= 4 is 34.2 Å². The number of carbonyl (C=O) groups is 3. The van der Waals surface area contributed by atoms with E-state index in [0.717, 1.165) is 36.1 Å². The largest absolute Gasteiger partial charge is 0.462 e. The number of anilines is 1. The van der Waals surface area contributed by atoms with Gasteiger partial charge in [-0.2, -0.15) is 0 Å². The number of thiophene rings is 1. The number of esters is 2. The van der Waals surface area contributed by atoms with Crippen molar-refractivity contribution in [3.8, 4) is 0 Å². The molecular formula is C17H21NO5S. The van der Waals surface area contributed by atoms with E-state index in [2.05, 4.69) is 5.32 Å². The minimum absolute atomic E-state index is 0.0709. The number of carbonyl (C=O) groups excluding carboxylic acids is 3. The first kappa shape index (κ1) is 17.0. The molecular weight excluding hydrogens is 330 g/mol. The van der Waals surface area contributed by atoms with E-state index in [1.54, 1.807) is 6.92 Å². The van der Waals surface area contributed by atoms with E-state index in [9.17, 15) is 14.4 Å². The fourth-order valence-electron chi connectivity index (χ4n) is 2.97. The monoisotopic (exact) mass is 351 g/mol. The molecule has 24 heavy (non-hydrogen) atoms. The summed E-state index contributed by atoms with van der Waals surface area (Å²) < 4.78 is 10.1. The SMILES string of the molecule is CCOC(=O)c1c(NC(=O)COC(=O)[C@@H]2C[C@H]2C)sc2c1CCC2. The van der Waals surface area contributed by atoms with Gasteiger partial charge in [0.2, 0.25) is 0 Å². The molecule has 0 aromatic carbocycles. The van der Waals surface area contributed by atoms with Crippen LogP contribution in [0.3, 0.4) is 0 Å². The molecule has 130 valence electrons. The van der Waals surface area contributed by atoms with E-state index >= 15 is 0 Å². The molecule has 7 heteroatoms. The van der Waals surface area contributed by atoms with Crippen LogP contribution in [0.15, 0.2) is 0 Å². The number of rotatable bonds is 6. The molecule has 2 aliphatic rings. The summed E-state index contributed by atoms with van der Waals surface area (Å²) in [5.74, 6) is -0.884. The molecule has 0 aliphatic heterocycles. The topological polar surface area (TPSA) is 81.7 Å². The summed E-state index contributed by atoms with van der Waals surface area (Å²) >= 11 is 1.41. The van der Waals surface area contributed by atoms with Gasteiger partial charge in [-0.3, -0.25) is 9.59 Å². The molecule has 0 spiro atoms. The zero-order valence-corrected chi connectivity index (χ0v) is 14.7. The van der Waals surface area contributed by atoms with Crippen LogP contribution in [0, 0.1) is 11.8 Å². The Kier molecular flexibility index (Phi) is 4.89. The zero-order valence-electron chi connectivity index (χ0n) is 13.8. The first-order valence-corrected chi connectivity index (χ1v) is 9.11. The molecule has 0 unspecified atom stereocenters. The molecule has 1 aromatic rings. The van der Waals surface area contributed by atoms with Crippen molar-refractivity contribution < 1.29 is 23.9 Å². The maximum Gasteiger partial charge on any atom is 0.341 e. The van der Waals surface area contributed by atoms with E-state index in [0.29, 0.717) is 16.5 Å². The number of hydrogen-bond acceptors (Lipinski definition) is 6. The van der Waals surface area contributed by atoms with E-state index in [1.807, 2.05) is 6.92 Å². The van der Waals surface area contributed by atoms with Gasteiger partial charge in [0.1, 0.15) is 5.00 Å². The van der Waals surface area contributed by atoms with Gasteiger partial charge in [0.15, 0.2) is 6.61 Å². The van der Waals surface area contributed by atoms with Gasteiger partial charge >= 0.3 is 11.9 Å². The smallest absolute Gasteiger partial charge is 0.341 e. The van der Waals surface area contributed by atoms with Crippen LogP contribution in [0.4, 0.5) is 5.00 Å². The van der Waals surface area contributed by atoms with E-state index in [4.69, 9.17) is 9.47 Å². The van der Waals surface area contributed by atoms with Crippen LogP contribution in [-0.4, -0.2) is 31.1 Å². The van der Waals surface area contributed by atoms with Crippen molar-refractivity contribution in [2.45, 2.75) is 39.5 Å². The maximum absolute atomic E-state index is 12.2. The molecule has 1 fully saturated rings. The predicted octanol–water partition coefficient (Wildman–Crippen LogP) is 2.55. The third kappa shape index (κ3) is 3.45. The molecule has 1 amide bonds. The molecule has 3 rings (SSSR count). The molecule has 0 saturated heterocycles. The van der Waals surface area contributed by atoms with Crippen LogP contribution in [0.25, 0.3) is 0 Å². The maximum atomic E-state index is 12.2. The summed E-state index contributed by atoms with van der Waals surface area (Å²) in [5.41, 5.74) is 1.45. The van der Waals surface area contributed by atoms with Crippen LogP contribution < -0.4 is 5.32 Å². The van der Waals surface area contributed by atoms with Gasteiger partial charge in [-0.25, -0.2) is 4.79 Å². The summed E-state index contributed by atoms with van der Waals surface area (Å²) in [6.45, 7) is 3.69. The van der Waals surface area contributed by atoms with E-state index in [-0.39, 0.29) is 25.1 Å². The average Bonchev–Trinajstić information content (AvgIpc) is 2.94. The summed E-state index contributed by atoms with van der Waals surface area (Å²) in [6, 6.07) is 0. The van der Waals surface area contributed by atoms with Gasteiger partial charge in [-0.1, -0.05) is 6.92 Å². The molecule has 0 radical (unpaired) electrons. The Morgan fingerprint density at radius 3 is 2.67 bits per heavy atom. The number of nitrogens with one attached hydrogen (secondary N) is 1. The number of hydrogen-bond donors (Lipinski definition) is 1. The van der Waals surface area contributed by atoms with Crippen LogP contribution in [0.2, 0.25) is 0 Å². The van der Waals surface area contributed by atoms with E-state index in [1.165, 1.54) is 11.3 Å². The highest BCUT2D eigenvalue weighted by molar-refractivity contribution is 7.17. The van der Waals surface area contributed by atoms with Crippen molar-refractivity contribution in [3.05, 3.63) is 16.0 Å². The van der Waals surface area contributed by atoms with Crippen LogP contribution in [0.1, 0.15) is 47.5 Å². The quantitative estimate of drug-likeness (QED) is 0.797. The molecule has 6 nitrogen and oxygen atoms in total. The lowest BCUT2D eigenvalue weighted by Gasteiger charge is -2.08. The molecule has 2 aliphatic carbocycles. The standard InChI is InChI=1S/C17H21NO5S/c1-3-22-17(21)14-10-5-4-6-12(10)24-15(14)18-13(19)8-23-16(20)11-7-9(11)2/h9,11H,3-8H2,1-2H3,(H,18,19)/t9-,11-/m1/s1. The molecule has 1 N–H and O–H groups in total. The Morgan fingerprint density at radius 1 is 1.25 bits per heavy atom. The van der Waals surface area contributed by atoms with Gasteiger partial charge < -0.3 is 14.8 Å². The Bertz CT molecular complexity index is 681. The first-order chi connectivity index (χ1) is 11.5. The Labute approximate surface area is 144 Å². The second-order valence-corrected chi connectivity index (χ2v) is 7.36. The number of ether oxygens (including phenoxy) is 2. The number of amides is 1. The first-order valence-electron chi connectivity index (χ1n) is 8.29. The second kappa shape index (κ2) is 6.93. The van der Waals surface area contributed by atoms with Gasteiger partial charge in [0, 0.05) is 4.88 Å². The molecule has 1 aromatic heterocycles. The third-order valence-electron chi connectivity index (χ3n) is 4.41. The van der Waals surface area contributed by atoms with E-state index < -0.39 is 11.9 Å². The summed E-state index contributed by atoms with van der Waals surface area (Å²) in [5, 5.41) is 3.21.